The molecule has 3 rings (SSSR count). The third-order valence-electron chi connectivity index (χ3n) is 4.94. The number of likely N-dealkylation sites (tertiary alicyclic amines) is 1. The first-order chi connectivity index (χ1) is 13.1. The minimum Gasteiger partial charge on any atom is -0.496 e. The van der Waals surface area contributed by atoms with Crippen LogP contribution in [-0.4, -0.2) is 67.6 Å². The lowest BCUT2D eigenvalue weighted by Gasteiger charge is -2.23. The van der Waals surface area contributed by atoms with Crippen molar-refractivity contribution in [2.75, 3.05) is 40.8 Å². The lowest BCUT2D eigenvalue weighted by Crippen LogP contribution is -2.43. The summed E-state index contributed by atoms with van der Waals surface area (Å²) in [4.78, 5) is 21.5. The molecule has 0 radical (unpaired) electrons. The van der Waals surface area contributed by atoms with Crippen molar-refractivity contribution in [1.82, 2.24) is 20.1 Å². The predicted molar refractivity (Wildman–Crippen MR) is 106 cm³/mol. The first kappa shape index (κ1) is 19.3. The zero-order chi connectivity index (χ0) is 19.2. The first-order valence-electron chi connectivity index (χ1n) is 9.26. The average molecular weight is 368 g/mol. The van der Waals surface area contributed by atoms with E-state index in [0.717, 1.165) is 26.2 Å². The molecule has 144 valence electrons. The summed E-state index contributed by atoms with van der Waals surface area (Å²) in [6, 6.07) is 11.5. The van der Waals surface area contributed by atoms with Crippen molar-refractivity contribution in [2.24, 2.45) is 5.92 Å². The maximum Gasteiger partial charge on any atom is 0.255 e. The van der Waals surface area contributed by atoms with Crippen molar-refractivity contribution in [3.63, 3.8) is 0 Å². The number of pyridine rings is 1. The van der Waals surface area contributed by atoms with E-state index < -0.39 is 0 Å². The van der Waals surface area contributed by atoms with Gasteiger partial charge in [0.1, 0.15) is 5.75 Å². The number of amides is 1. The largest absolute Gasteiger partial charge is 0.496 e. The van der Waals surface area contributed by atoms with Crippen molar-refractivity contribution in [1.29, 1.82) is 0 Å². The Morgan fingerprint density at radius 2 is 1.96 bits per heavy atom. The van der Waals surface area contributed by atoms with Crippen molar-refractivity contribution in [3.8, 4) is 5.75 Å². The van der Waals surface area contributed by atoms with Gasteiger partial charge in [0.25, 0.3) is 5.91 Å². The highest BCUT2D eigenvalue weighted by molar-refractivity contribution is 5.97. The summed E-state index contributed by atoms with van der Waals surface area (Å²) in [5.41, 5.74) is 1.82. The molecular weight excluding hydrogens is 340 g/mol. The molecule has 6 nitrogen and oxygen atoms in total. The van der Waals surface area contributed by atoms with Gasteiger partial charge in [0.15, 0.2) is 0 Å². The highest BCUT2D eigenvalue weighted by Gasteiger charge is 2.34. The van der Waals surface area contributed by atoms with Gasteiger partial charge < -0.3 is 15.0 Å². The summed E-state index contributed by atoms with van der Waals surface area (Å²) in [6.45, 7) is 3.59. The molecular formula is C21H28N4O2. The molecule has 1 N–H and O–H groups in total. The molecule has 0 spiro atoms. The topological polar surface area (TPSA) is 57.7 Å². The van der Waals surface area contributed by atoms with Gasteiger partial charge in [-0.1, -0.05) is 12.1 Å². The van der Waals surface area contributed by atoms with E-state index >= 15 is 0 Å². The number of nitrogens with zero attached hydrogens (tertiary/aromatic N) is 3. The summed E-state index contributed by atoms with van der Waals surface area (Å²) in [6.07, 6.45) is 3.65. The second-order valence-corrected chi connectivity index (χ2v) is 7.35. The van der Waals surface area contributed by atoms with E-state index in [1.807, 2.05) is 42.7 Å². The van der Waals surface area contributed by atoms with Crippen LogP contribution in [0.2, 0.25) is 0 Å². The van der Waals surface area contributed by atoms with Crippen LogP contribution in [0.4, 0.5) is 0 Å². The van der Waals surface area contributed by atoms with E-state index in [-0.39, 0.29) is 11.9 Å². The number of nitrogens with one attached hydrogen (secondary N) is 1. The Morgan fingerprint density at radius 3 is 2.67 bits per heavy atom. The molecule has 1 aliphatic rings. The Balaban J connectivity index is 1.70. The minimum absolute atomic E-state index is 0.0769. The van der Waals surface area contributed by atoms with E-state index in [9.17, 15) is 4.79 Å². The number of carbonyl (C=O) groups excluding carboxylic acids is 1. The number of benzene rings is 1. The quantitative estimate of drug-likeness (QED) is 0.809. The van der Waals surface area contributed by atoms with Crippen LogP contribution in [0, 0.1) is 5.92 Å². The Kier molecular flexibility index (Phi) is 6.42. The molecule has 2 aromatic rings. The van der Waals surface area contributed by atoms with E-state index in [0.29, 0.717) is 17.2 Å². The molecule has 1 aromatic heterocycles. The smallest absolute Gasteiger partial charge is 0.255 e. The molecule has 1 aromatic carbocycles. The van der Waals surface area contributed by atoms with Crippen LogP contribution in [0.3, 0.4) is 0 Å². The van der Waals surface area contributed by atoms with E-state index in [2.05, 4.69) is 34.2 Å². The maximum absolute atomic E-state index is 12.8. The molecule has 1 aliphatic heterocycles. The zero-order valence-electron chi connectivity index (χ0n) is 16.3. The average Bonchev–Trinajstić information content (AvgIpc) is 3.02. The fourth-order valence-electron chi connectivity index (χ4n) is 3.73. The Hall–Kier alpha value is -2.44. The van der Waals surface area contributed by atoms with Gasteiger partial charge in [-0.3, -0.25) is 14.7 Å². The molecule has 1 amide bonds. The third-order valence-corrected chi connectivity index (χ3v) is 4.94. The van der Waals surface area contributed by atoms with Gasteiger partial charge in [0.2, 0.25) is 0 Å². The van der Waals surface area contributed by atoms with Gasteiger partial charge in [0.05, 0.1) is 12.7 Å². The van der Waals surface area contributed by atoms with Crippen LogP contribution in [0.25, 0.3) is 0 Å². The van der Waals surface area contributed by atoms with Crippen molar-refractivity contribution < 1.29 is 9.53 Å². The standard InChI is InChI=1S/C21H28N4O2/c1-24(2)13-17-14-25(12-16-8-10-22-11-9-16)15-19(17)23-21(26)18-6-4-5-7-20(18)27-3/h4-11,17,19H,12-15H2,1-3H3,(H,23,26)/t17-,19-/m1/s1. The molecule has 1 fully saturated rings. The number of aromatic nitrogens is 1. The van der Waals surface area contributed by atoms with Crippen LogP contribution >= 0.6 is 0 Å². The number of methoxy groups -OCH3 is 1. The zero-order valence-corrected chi connectivity index (χ0v) is 16.3. The van der Waals surface area contributed by atoms with Gasteiger partial charge >= 0.3 is 0 Å². The van der Waals surface area contributed by atoms with Crippen molar-refractivity contribution in [3.05, 3.63) is 59.9 Å². The predicted octanol–water partition coefficient (Wildman–Crippen LogP) is 1.88. The number of hydrogen-bond acceptors (Lipinski definition) is 5. The Bertz CT molecular complexity index is 751. The highest BCUT2D eigenvalue weighted by atomic mass is 16.5. The van der Waals surface area contributed by atoms with Crippen LogP contribution in [-0.2, 0) is 6.54 Å². The number of ether oxygens (including phenoxy) is 1. The molecule has 27 heavy (non-hydrogen) atoms. The molecule has 0 bridgehead atoms. The normalized spacial score (nSPS) is 20.0. The number of para-hydroxylation sites is 1. The summed E-state index contributed by atoms with van der Waals surface area (Å²) >= 11 is 0. The third kappa shape index (κ3) is 5.05. The van der Waals surface area contributed by atoms with Crippen LogP contribution < -0.4 is 10.1 Å². The van der Waals surface area contributed by atoms with Crippen molar-refractivity contribution >= 4 is 5.91 Å². The molecule has 0 saturated carbocycles. The highest BCUT2D eigenvalue weighted by Crippen LogP contribution is 2.22. The SMILES string of the molecule is COc1ccccc1C(=O)N[C@@H]1CN(Cc2ccncc2)C[C@H]1CN(C)C. The van der Waals surface area contributed by atoms with E-state index in [1.54, 1.807) is 13.2 Å². The van der Waals surface area contributed by atoms with E-state index in [4.69, 9.17) is 4.74 Å². The maximum atomic E-state index is 12.8. The van der Waals surface area contributed by atoms with Crippen LogP contribution in [0.1, 0.15) is 15.9 Å². The van der Waals surface area contributed by atoms with Gasteiger partial charge in [-0.15, -0.1) is 0 Å². The fourth-order valence-corrected chi connectivity index (χ4v) is 3.73. The Morgan fingerprint density at radius 1 is 1.22 bits per heavy atom. The number of hydrogen-bond donors (Lipinski definition) is 1. The van der Waals surface area contributed by atoms with Gasteiger partial charge in [0, 0.05) is 50.5 Å². The van der Waals surface area contributed by atoms with Crippen molar-refractivity contribution in [2.45, 2.75) is 12.6 Å². The summed E-state index contributed by atoms with van der Waals surface area (Å²) < 4.78 is 5.34. The molecule has 0 aliphatic carbocycles. The van der Waals surface area contributed by atoms with Gasteiger partial charge in [-0.25, -0.2) is 0 Å². The van der Waals surface area contributed by atoms with Gasteiger partial charge in [-0.2, -0.15) is 0 Å². The van der Waals surface area contributed by atoms with E-state index in [1.165, 1.54) is 5.56 Å². The van der Waals surface area contributed by atoms with Gasteiger partial charge in [-0.05, 0) is 43.9 Å². The second kappa shape index (κ2) is 8.97. The van der Waals surface area contributed by atoms with Crippen LogP contribution in [0.15, 0.2) is 48.8 Å². The first-order valence-corrected chi connectivity index (χ1v) is 9.26. The molecule has 2 atom stereocenters. The molecule has 6 heteroatoms. The lowest BCUT2D eigenvalue weighted by atomic mass is 10.0. The number of carbonyl (C=O) groups is 1. The molecule has 0 unspecified atom stereocenters. The van der Waals surface area contributed by atoms with Crippen LogP contribution in [0.5, 0.6) is 5.75 Å². The summed E-state index contributed by atoms with van der Waals surface area (Å²) in [5, 5.41) is 3.24. The monoisotopic (exact) mass is 368 g/mol. The molecule has 1 saturated heterocycles. The minimum atomic E-state index is -0.0769. The fraction of sp³-hybridized carbons (Fsp3) is 0.429. The second-order valence-electron chi connectivity index (χ2n) is 7.35. The Labute approximate surface area is 161 Å². The summed E-state index contributed by atoms with van der Waals surface area (Å²) in [5.74, 6) is 0.901. The molecule has 2 heterocycles. The lowest BCUT2D eigenvalue weighted by molar-refractivity contribution is 0.0923. The summed E-state index contributed by atoms with van der Waals surface area (Å²) in [7, 11) is 5.74. The number of rotatable bonds is 7.